The number of rotatable bonds is 2. The number of likely N-dealkylation sites (tertiary alicyclic amines) is 1. The van der Waals surface area contributed by atoms with E-state index in [1.807, 2.05) is 0 Å². The fourth-order valence-electron chi connectivity index (χ4n) is 7.25. The first-order valence-electron chi connectivity index (χ1n) is 9.19. The van der Waals surface area contributed by atoms with E-state index in [1.165, 1.54) is 6.42 Å². The molecule has 4 bridgehead atoms. The minimum Gasteiger partial charge on any atom is -0.390 e. The van der Waals surface area contributed by atoms with Crippen molar-refractivity contribution in [2.75, 3.05) is 6.54 Å². The fraction of sp³-hybridized carbons (Fsp3) is 0.944. The number of aliphatic hydroxyl groups is 1. The predicted molar refractivity (Wildman–Crippen MR) is 82.8 cm³/mol. The molecule has 1 heterocycles. The van der Waals surface area contributed by atoms with Gasteiger partial charge in [0.25, 0.3) is 0 Å². The Morgan fingerprint density at radius 1 is 1.27 bits per heavy atom. The lowest BCUT2D eigenvalue weighted by atomic mass is 9.46. The van der Waals surface area contributed by atoms with Crippen LogP contribution < -0.4 is 5.73 Å². The summed E-state index contributed by atoms with van der Waals surface area (Å²) < 4.78 is 0. The van der Waals surface area contributed by atoms with Gasteiger partial charge in [-0.2, -0.15) is 0 Å². The van der Waals surface area contributed by atoms with Crippen LogP contribution in [-0.4, -0.2) is 40.1 Å². The van der Waals surface area contributed by atoms with Crippen LogP contribution in [0.15, 0.2) is 0 Å². The second-order valence-electron chi connectivity index (χ2n) is 9.36. The molecule has 22 heavy (non-hydrogen) atoms. The first kappa shape index (κ1) is 13.8. The standard InChI is InChI=1S/C18H28N2O2/c1-10-13-2-3-20(14(10)13)16(21)15(19)17-5-11-4-12(6-17)8-18(22,7-11)9-17/h10-15,22H,2-9,19H2,1H3/t10-,11?,12?,13+,14-,15+,17?,18?/m0/s1. The summed E-state index contributed by atoms with van der Waals surface area (Å²) in [4.78, 5) is 15.2. The van der Waals surface area contributed by atoms with E-state index in [0.717, 1.165) is 51.0 Å². The molecule has 1 saturated heterocycles. The van der Waals surface area contributed by atoms with Crippen molar-refractivity contribution >= 4 is 5.91 Å². The van der Waals surface area contributed by atoms with Crippen molar-refractivity contribution < 1.29 is 9.90 Å². The maximum Gasteiger partial charge on any atom is 0.240 e. The van der Waals surface area contributed by atoms with E-state index in [1.54, 1.807) is 0 Å². The number of nitrogens with zero attached hydrogens (tertiary/aromatic N) is 1. The molecular formula is C18H28N2O2. The average Bonchev–Trinajstić information content (AvgIpc) is 2.89. The van der Waals surface area contributed by atoms with Crippen molar-refractivity contribution in [3.63, 3.8) is 0 Å². The number of fused-ring (bicyclic) bond motifs is 1. The monoisotopic (exact) mass is 304 g/mol. The summed E-state index contributed by atoms with van der Waals surface area (Å²) >= 11 is 0. The third kappa shape index (κ3) is 1.68. The maximum atomic E-state index is 13.1. The molecular weight excluding hydrogens is 276 g/mol. The molecule has 122 valence electrons. The summed E-state index contributed by atoms with van der Waals surface area (Å²) in [6.45, 7) is 3.16. The van der Waals surface area contributed by atoms with Gasteiger partial charge in [-0.05, 0) is 74.0 Å². The van der Waals surface area contributed by atoms with Gasteiger partial charge < -0.3 is 15.7 Å². The largest absolute Gasteiger partial charge is 0.390 e. The van der Waals surface area contributed by atoms with E-state index >= 15 is 0 Å². The van der Waals surface area contributed by atoms with Gasteiger partial charge in [-0.25, -0.2) is 0 Å². The molecule has 5 aliphatic carbocycles. The lowest BCUT2D eigenvalue weighted by Crippen LogP contribution is -2.64. The molecule has 2 unspecified atom stereocenters. The molecule has 4 heteroatoms. The third-order valence-electron chi connectivity index (χ3n) is 7.86. The Bertz CT molecular complexity index is 519. The molecule has 0 aromatic heterocycles. The number of amides is 1. The molecule has 0 radical (unpaired) electrons. The van der Waals surface area contributed by atoms with Crippen LogP contribution in [0.5, 0.6) is 0 Å². The Morgan fingerprint density at radius 2 is 1.95 bits per heavy atom. The van der Waals surface area contributed by atoms with Gasteiger partial charge in [0.15, 0.2) is 0 Å². The lowest BCUT2D eigenvalue weighted by Gasteiger charge is -2.61. The first-order valence-corrected chi connectivity index (χ1v) is 9.19. The van der Waals surface area contributed by atoms with E-state index in [2.05, 4.69) is 11.8 Å². The SMILES string of the molecule is C[C@H]1[C@H]2CCN(C(=O)[C@@H](N)C34CC5CC(CC(O)(C5)C3)C4)[C@@H]12. The van der Waals surface area contributed by atoms with Crippen molar-refractivity contribution in [1.82, 2.24) is 4.90 Å². The zero-order valence-corrected chi connectivity index (χ0v) is 13.5. The molecule has 6 fully saturated rings. The Hall–Kier alpha value is -0.610. The number of nitrogens with two attached hydrogens (primary N) is 1. The predicted octanol–water partition coefficient (Wildman–Crippen LogP) is 1.51. The van der Waals surface area contributed by atoms with Gasteiger partial charge in [0.1, 0.15) is 0 Å². The molecule has 1 amide bonds. The molecule has 4 nitrogen and oxygen atoms in total. The van der Waals surface area contributed by atoms with Gasteiger partial charge in [-0.3, -0.25) is 4.79 Å². The molecule has 6 atom stereocenters. The van der Waals surface area contributed by atoms with E-state index < -0.39 is 11.6 Å². The Labute approximate surface area is 132 Å². The third-order valence-corrected chi connectivity index (χ3v) is 7.86. The number of piperidine rings is 1. The van der Waals surface area contributed by atoms with Crippen LogP contribution in [0.2, 0.25) is 0 Å². The van der Waals surface area contributed by atoms with E-state index in [0.29, 0.717) is 23.8 Å². The topological polar surface area (TPSA) is 66.6 Å². The maximum absolute atomic E-state index is 13.1. The van der Waals surface area contributed by atoms with Crippen molar-refractivity contribution in [1.29, 1.82) is 0 Å². The highest BCUT2D eigenvalue weighted by molar-refractivity contribution is 5.84. The highest BCUT2D eigenvalue weighted by Gasteiger charge is 2.62. The fourth-order valence-corrected chi connectivity index (χ4v) is 7.25. The van der Waals surface area contributed by atoms with Gasteiger partial charge in [-0.1, -0.05) is 6.92 Å². The highest BCUT2D eigenvalue weighted by atomic mass is 16.3. The summed E-state index contributed by atoms with van der Waals surface area (Å²) in [6, 6.07) is 0.0759. The summed E-state index contributed by atoms with van der Waals surface area (Å²) in [5, 5.41) is 10.9. The van der Waals surface area contributed by atoms with Gasteiger partial charge in [0.05, 0.1) is 11.6 Å². The Balaban J connectivity index is 1.41. The van der Waals surface area contributed by atoms with Crippen LogP contribution in [0.3, 0.4) is 0 Å². The van der Waals surface area contributed by atoms with Gasteiger partial charge in [0.2, 0.25) is 5.91 Å². The smallest absolute Gasteiger partial charge is 0.240 e. The number of carbonyl (C=O) groups is 1. The van der Waals surface area contributed by atoms with Crippen LogP contribution in [0, 0.1) is 29.1 Å². The van der Waals surface area contributed by atoms with E-state index in [-0.39, 0.29) is 11.3 Å². The Morgan fingerprint density at radius 3 is 2.50 bits per heavy atom. The van der Waals surface area contributed by atoms with Crippen LogP contribution in [-0.2, 0) is 4.79 Å². The van der Waals surface area contributed by atoms with Crippen LogP contribution in [0.1, 0.15) is 51.9 Å². The van der Waals surface area contributed by atoms with E-state index in [4.69, 9.17) is 5.73 Å². The van der Waals surface area contributed by atoms with Crippen LogP contribution in [0.25, 0.3) is 0 Å². The minimum absolute atomic E-state index is 0.119. The summed E-state index contributed by atoms with van der Waals surface area (Å²) in [7, 11) is 0. The van der Waals surface area contributed by atoms with Crippen molar-refractivity contribution in [3.8, 4) is 0 Å². The molecule has 0 aromatic carbocycles. The minimum atomic E-state index is -0.525. The quantitative estimate of drug-likeness (QED) is 0.813. The number of hydrogen-bond acceptors (Lipinski definition) is 3. The summed E-state index contributed by atoms with van der Waals surface area (Å²) in [5.41, 5.74) is 5.93. The molecule has 1 aliphatic heterocycles. The first-order chi connectivity index (χ1) is 10.4. The summed E-state index contributed by atoms with van der Waals surface area (Å²) in [5.74, 6) is 2.78. The highest BCUT2D eigenvalue weighted by Crippen LogP contribution is 2.63. The molecule has 3 N–H and O–H groups in total. The van der Waals surface area contributed by atoms with Crippen LogP contribution >= 0.6 is 0 Å². The normalized spacial score (nSPS) is 56.1. The molecule has 0 spiro atoms. The zero-order valence-electron chi connectivity index (χ0n) is 13.5. The van der Waals surface area contributed by atoms with Gasteiger partial charge >= 0.3 is 0 Å². The second kappa shape index (κ2) is 4.07. The number of hydrogen-bond donors (Lipinski definition) is 2. The molecule has 6 rings (SSSR count). The molecule has 6 aliphatic rings. The zero-order chi connectivity index (χ0) is 15.3. The van der Waals surface area contributed by atoms with Crippen LogP contribution in [0.4, 0.5) is 0 Å². The van der Waals surface area contributed by atoms with Crippen molar-refractivity contribution in [2.24, 2.45) is 34.8 Å². The second-order valence-corrected chi connectivity index (χ2v) is 9.36. The number of carbonyl (C=O) groups excluding carboxylic acids is 1. The summed E-state index contributed by atoms with van der Waals surface area (Å²) in [6.07, 6.45) is 7.18. The lowest BCUT2D eigenvalue weighted by molar-refractivity contribution is -0.177. The van der Waals surface area contributed by atoms with Crippen molar-refractivity contribution in [2.45, 2.75) is 69.6 Å². The molecule has 5 saturated carbocycles. The van der Waals surface area contributed by atoms with E-state index in [9.17, 15) is 9.90 Å². The van der Waals surface area contributed by atoms with Gasteiger partial charge in [0, 0.05) is 12.6 Å². The Kier molecular flexibility index (Phi) is 2.55. The average molecular weight is 304 g/mol. The molecule has 0 aromatic rings. The van der Waals surface area contributed by atoms with Crippen molar-refractivity contribution in [3.05, 3.63) is 0 Å². The van der Waals surface area contributed by atoms with Gasteiger partial charge in [-0.15, -0.1) is 0 Å².